The van der Waals surface area contributed by atoms with E-state index in [0.29, 0.717) is 17.4 Å². The van der Waals surface area contributed by atoms with E-state index in [0.717, 1.165) is 24.7 Å². The summed E-state index contributed by atoms with van der Waals surface area (Å²) in [4.78, 5) is 4.62. The van der Waals surface area contributed by atoms with Gasteiger partial charge in [0.25, 0.3) is 0 Å². The highest BCUT2D eigenvalue weighted by atomic mass is 32.2. The van der Waals surface area contributed by atoms with Crippen molar-refractivity contribution in [3.8, 4) is 0 Å². The fraction of sp³-hybridized carbons (Fsp3) is 0.533. The van der Waals surface area contributed by atoms with Crippen LogP contribution in [0.2, 0.25) is 0 Å². The molecule has 0 amide bonds. The summed E-state index contributed by atoms with van der Waals surface area (Å²) in [5, 5.41) is 5.03. The van der Waals surface area contributed by atoms with Gasteiger partial charge in [0.05, 0.1) is 23.9 Å². The second-order valence-corrected chi connectivity index (χ2v) is 6.34. The number of rotatable bonds is 3. The van der Waals surface area contributed by atoms with Gasteiger partial charge in [-0.2, -0.15) is 0 Å². The minimum Gasteiger partial charge on any atom is -0.376 e. The molecule has 0 bridgehead atoms. The minimum absolute atomic E-state index is 0.346. The zero-order valence-corrected chi connectivity index (χ0v) is 12.0. The van der Waals surface area contributed by atoms with E-state index in [4.69, 9.17) is 4.74 Å². The van der Waals surface area contributed by atoms with Crippen LogP contribution in [0.3, 0.4) is 0 Å². The lowest BCUT2D eigenvalue weighted by atomic mass is 10.1. The molecule has 0 aliphatic carbocycles. The molecule has 0 radical (unpaired) electrons. The van der Waals surface area contributed by atoms with Crippen LogP contribution in [0.25, 0.3) is 0 Å². The fourth-order valence-electron chi connectivity index (χ4n) is 2.58. The lowest BCUT2D eigenvalue weighted by Gasteiger charge is -2.20. The Morgan fingerprint density at radius 2 is 2.21 bits per heavy atom. The molecule has 1 N–H and O–H groups in total. The van der Waals surface area contributed by atoms with E-state index in [2.05, 4.69) is 47.6 Å². The van der Waals surface area contributed by atoms with Gasteiger partial charge in [-0.15, -0.1) is 0 Å². The third kappa shape index (κ3) is 3.12. The number of nitrogens with zero attached hydrogens (tertiary/aromatic N) is 1. The van der Waals surface area contributed by atoms with Crippen molar-refractivity contribution in [3.63, 3.8) is 0 Å². The average molecular weight is 276 g/mol. The second kappa shape index (κ2) is 5.97. The normalized spacial score (nSPS) is 28.2. The molecule has 3 atom stereocenters. The molecule has 102 valence electrons. The first-order valence-electron chi connectivity index (χ1n) is 6.97. The van der Waals surface area contributed by atoms with Gasteiger partial charge in [0.2, 0.25) is 0 Å². The Morgan fingerprint density at radius 3 is 2.95 bits per heavy atom. The molecule has 3 nitrogen and oxygen atoms in total. The van der Waals surface area contributed by atoms with Gasteiger partial charge in [0.15, 0.2) is 5.17 Å². The second-order valence-electron chi connectivity index (χ2n) is 5.15. The van der Waals surface area contributed by atoms with Crippen molar-refractivity contribution in [1.82, 2.24) is 5.32 Å². The molecule has 0 saturated carbocycles. The van der Waals surface area contributed by atoms with Crippen LogP contribution in [-0.2, 0) is 4.74 Å². The summed E-state index contributed by atoms with van der Waals surface area (Å²) in [5.41, 5.74) is 1.36. The largest absolute Gasteiger partial charge is 0.376 e. The minimum atomic E-state index is 0.346. The van der Waals surface area contributed by atoms with Gasteiger partial charge < -0.3 is 10.1 Å². The van der Waals surface area contributed by atoms with Gasteiger partial charge in [-0.05, 0) is 25.3 Å². The number of hydrogen-bond donors (Lipinski definition) is 1. The van der Waals surface area contributed by atoms with Gasteiger partial charge in [-0.25, -0.2) is 0 Å². The standard InChI is InChI=1S/C15H20N2OS/c1-11(13-8-5-9-18-13)17-15-16-10-14(19-15)12-6-3-2-4-7-12/h2-4,6-7,11,13-14H,5,8-10H2,1H3,(H,16,17). The summed E-state index contributed by atoms with van der Waals surface area (Å²) >= 11 is 1.83. The Balaban J connectivity index is 1.54. The van der Waals surface area contributed by atoms with E-state index in [1.165, 1.54) is 12.0 Å². The number of benzene rings is 1. The van der Waals surface area contributed by atoms with Crippen LogP contribution in [-0.4, -0.2) is 30.5 Å². The zero-order chi connectivity index (χ0) is 13.1. The van der Waals surface area contributed by atoms with Crippen molar-refractivity contribution < 1.29 is 4.74 Å². The first-order chi connectivity index (χ1) is 9.33. The average Bonchev–Trinajstić information content (AvgIpc) is 3.11. The number of thioether (sulfide) groups is 1. The van der Waals surface area contributed by atoms with Gasteiger partial charge in [-0.1, -0.05) is 42.1 Å². The molecule has 0 aromatic heterocycles. The van der Waals surface area contributed by atoms with Crippen molar-refractivity contribution in [2.24, 2.45) is 4.99 Å². The Morgan fingerprint density at radius 1 is 1.37 bits per heavy atom. The Bertz CT molecular complexity index is 443. The van der Waals surface area contributed by atoms with Crippen LogP contribution < -0.4 is 5.32 Å². The predicted molar refractivity (Wildman–Crippen MR) is 80.6 cm³/mol. The Hall–Kier alpha value is -1.00. The van der Waals surface area contributed by atoms with Crippen molar-refractivity contribution in [3.05, 3.63) is 35.9 Å². The van der Waals surface area contributed by atoms with E-state index in [9.17, 15) is 0 Å². The van der Waals surface area contributed by atoms with E-state index in [1.54, 1.807) is 0 Å². The van der Waals surface area contributed by atoms with E-state index >= 15 is 0 Å². The first kappa shape index (κ1) is 13.0. The summed E-state index contributed by atoms with van der Waals surface area (Å²) in [7, 11) is 0. The van der Waals surface area contributed by atoms with Crippen molar-refractivity contribution in [2.75, 3.05) is 13.2 Å². The highest BCUT2D eigenvalue weighted by Gasteiger charge is 2.26. The molecule has 1 aromatic carbocycles. The van der Waals surface area contributed by atoms with Crippen LogP contribution in [0.1, 0.15) is 30.6 Å². The number of aliphatic imine (C=N–C) groups is 1. The topological polar surface area (TPSA) is 33.6 Å². The van der Waals surface area contributed by atoms with Gasteiger partial charge in [0.1, 0.15) is 0 Å². The molecule has 3 rings (SSSR count). The highest BCUT2D eigenvalue weighted by molar-refractivity contribution is 8.14. The van der Waals surface area contributed by atoms with E-state index < -0.39 is 0 Å². The summed E-state index contributed by atoms with van der Waals surface area (Å²) in [6, 6.07) is 11.0. The molecule has 1 saturated heterocycles. The van der Waals surface area contributed by atoms with Crippen LogP contribution in [0, 0.1) is 0 Å². The summed E-state index contributed by atoms with van der Waals surface area (Å²) < 4.78 is 5.71. The van der Waals surface area contributed by atoms with Crippen molar-refractivity contribution >= 4 is 16.9 Å². The van der Waals surface area contributed by atoms with Crippen molar-refractivity contribution in [2.45, 2.75) is 37.2 Å². The Kier molecular flexibility index (Phi) is 4.09. The monoisotopic (exact) mass is 276 g/mol. The lowest BCUT2D eigenvalue weighted by molar-refractivity contribution is 0.0896. The molecule has 4 heteroatoms. The maximum atomic E-state index is 5.71. The predicted octanol–water partition coefficient (Wildman–Crippen LogP) is 2.99. The van der Waals surface area contributed by atoms with Crippen LogP contribution in [0.15, 0.2) is 35.3 Å². The number of ether oxygens (including phenoxy) is 1. The summed E-state index contributed by atoms with van der Waals surface area (Å²) in [6.45, 7) is 3.97. The zero-order valence-electron chi connectivity index (χ0n) is 11.2. The molecule has 1 aromatic rings. The summed E-state index contributed by atoms with van der Waals surface area (Å²) in [6.07, 6.45) is 2.69. The fourth-order valence-corrected chi connectivity index (χ4v) is 3.70. The van der Waals surface area contributed by atoms with Crippen LogP contribution >= 0.6 is 11.8 Å². The quantitative estimate of drug-likeness (QED) is 0.921. The smallest absolute Gasteiger partial charge is 0.157 e. The summed E-state index contributed by atoms with van der Waals surface area (Å²) in [5.74, 6) is 0. The van der Waals surface area contributed by atoms with Gasteiger partial charge in [0, 0.05) is 6.61 Å². The molecule has 2 aliphatic rings. The van der Waals surface area contributed by atoms with Gasteiger partial charge >= 0.3 is 0 Å². The maximum Gasteiger partial charge on any atom is 0.157 e. The third-order valence-electron chi connectivity index (χ3n) is 3.70. The lowest BCUT2D eigenvalue weighted by Crippen LogP contribution is -2.39. The number of amidine groups is 1. The SMILES string of the molecule is CC(NC1=NCC(c2ccccc2)S1)C1CCCO1. The third-order valence-corrected chi connectivity index (χ3v) is 4.88. The molecule has 1 fully saturated rings. The van der Waals surface area contributed by atoms with E-state index in [-0.39, 0.29) is 0 Å². The molecule has 2 aliphatic heterocycles. The van der Waals surface area contributed by atoms with E-state index in [1.807, 2.05) is 11.8 Å². The maximum absolute atomic E-state index is 5.71. The van der Waals surface area contributed by atoms with Gasteiger partial charge in [-0.3, -0.25) is 4.99 Å². The number of nitrogens with one attached hydrogen (secondary N) is 1. The Labute approximate surface area is 118 Å². The molecular formula is C15H20N2OS. The van der Waals surface area contributed by atoms with Crippen molar-refractivity contribution in [1.29, 1.82) is 0 Å². The van der Waals surface area contributed by atoms with Crippen LogP contribution in [0.5, 0.6) is 0 Å². The highest BCUT2D eigenvalue weighted by Crippen LogP contribution is 2.34. The molecule has 2 heterocycles. The number of hydrogen-bond acceptors (Lipinski definition) is 4. The first-order valence-corrected chi connectivity index (χ1v) is 7.85. The van der Waals surface area contributed by atoms with Crippen LogP contribution in [0.4, 0.5) is 0 Å². The molecular weight excluding hydrogens is 256 g/mol. The molecule has 3 unspecified atom stereocenters. The molecule has 19 heavy (non-hydrogen) atoms. The molecule has 0 spiro atoms.